The van der Waals surface area contributed by atoms with Crippen LogP contribution in [0.2, 0.25) is 0 Å². The minimum atomic E-state index is -0.760. The molecule has 0 aliphatic heterocycles. The lowest BCUT2D eigenvalue weighted by Crippen LogP contribution is -2.14. The molecule has 1 N–H and O–H groups in total. The number of imidazole rings is 1. The maximum atomic E-state index is 11.1. The average molecular weight is 276 g/mol. The van der Waals surface area contributed by atoms with Crippen molar-refractivity contribution in [2.24, 2.45) is 0 Å². The molecule has 102 valence electrons. The zero-order valence-corrected chi connectivity index (χ0v) is 11.3. The van der Waals surface area contributed by atoms with E-state index < -0.39 is 5.94 Å². The molecule has 21 heavy (non-hydrogen) atoms. The van der Waals surface area contributed by atoms with Gasteiger partial charge in [-0.1, -0.05) is 24.3 Å². The van der Waals surface area contributed by atoms with E-state index in [0.717, 1.165) is 22.4 Å². The lowest BCUT2D eigenvalue weighted by molar-refractivity contribution is -0.108. The van der Waals surface area contributed by atoms with Gasteiger partial charge in [-0.05, 0) is 29.8 Å². The molecule has 0 spiro atoms. The highest BCUT2D eigenvalue weighted by Gasteiger charge is 2.15. The minimum absolute atomic E-state index is 0.219. The van der Waals surface area contributed by atoms with Crippen LogP contribution in [0.5, 0.6) is 5.75 Å². The zero-order valence-electron chi connectivity index (χ0n) is 11.3. The highest BCUT2D eigenvalue weighted by atomic mass is 16.3. The maximum Gasteiger partial charge on any atom is 0.133 e. The fourth-order valence-electron chi connectivity index (χ4n) is 2.41. The number of carbonyl (C=O) groups is 1. The first kappa shape index (κ1) is 13.4. The number of aromatic hydroxyl groups is 1. The molecule has 1 atom stereocenters. The second-order valence-electron chi connectivity index (χ2n) is 4.86. The molecule has 1 aromatic heterocycles. The van der Waals surface area contributed by atoms with E-state index in [0.29, 0.717) is 12.7 Å². The second kappa shape index (κ2) is 5.44. The van der Waals surface area contributed by atoms with Crippen LogP contribution in [0.1, 0.15) is 17.3 Å². The van der Waals surface area contributed by atoms with E-state index in [1.54, 1.807) is 16.7 Å². The quantitative estimate of drug-likeness (QED) is 0.587. The first-order chi connectivity index (χ1) is 10.2. The number of carbonyl (C=O) groups excluding carboxylic acids is 1. The predicted octanol–water partition coefficient (Wildman–Crippen LogP) is 2.20. The Hall–Kier alpha value is -2.56. The van der Waals surface area contributed by atoms with Gasteiger partial charge in [-0.15, -0.1) is 0 Å². The number of phenols is 1. The van der Waals surface area contributed by atoms with E-state index in [4.69, 9.17) is 7.85 Å². The summed E-state index contributed by atoms with van der Waals surface area (Å²) in [6.45, 7) is 0. The van der Waals surface area contributed by atoms with Crippen LogP contribution in [0.4, 0.5) is 0 Å². The Morgan fingerprint density at radius 3 is 2.62 bits per heavy atom. The topological polar surface area (TPSA) is 55.1 Å². The number of phenolic OH excluding ortho intramolecular Hbond substituents is 1. The molecular formula is C16H13BN2O2. The lowest BCUT2D eigenvalue weighted by atomic mass is 9.97. The van der Waals surface area contributed by atoms with E-state index in [9.17, 15) is 9.90 Å². The molecule has 1 unspecified atom stereocenters. The van der Waals surface area contributed by atoms with Crippen molar-refractivity contribution in [1.29, 1.82) is 0 Å². The highest BCUT2D eigenvalue weighted by molar-refractivity contribution is 6.18. The highest BCUT2D eigenvalue weighted by Crippen LogP contribution is 2.22. The number of hydrogen-bond acceptors (Lipinski definition) is 3. The zero-order chi connectivity index (χ0) is 14.8. The van der Waals surface area contributed by atoms with Crippen molar-refractivity contribution in [2.45, 2.75) is 12.4 Å². The van der Waals surface area contributed by atoms with Crippen molar-refractivity contribution < 1.29 is 9.90 Å². The Morgan fingerprint density at radius 2 is 1.90 bits per heavy atom. The summed E-state index contributed by atoms with van der Waals surface area (Å²) in [5.74, 6) is 0.183. The number of hydrogen-bond donors (Lipinski definition) is 1. The molecule has 1 heterocycles. The molecule has 3 aromatic rings. The molecular weight excluding hydrogens is 263 g/mol. The van der Waals surface area contributed by atoms with E-state index in [2.05, 4.69) is 4.98 Å². The molecule has 4 nitrogen and oxygen atoms in total. The monoisotopic (exact) mass is 276 g/mol. The third kappa shape index (κ3) is 2.54. The second-order valence-corrected chi connectivity index (χ2v) is 4.86. The normalized spacial score (nSPS) is 12.4. The standard InChI is InChI=1S/C16H13BN2O2/c17-15(10-20)19-14-4-2-1-3-13(14)18-16(19)9-11-5-7-12(21)8-6-11/h1-8,10,15,21H,9H2. The van der Waals surface area contributed by atoms with E-state index >= 15 is 0 Å². The van der Waals surface area contributed by atoms with Crippen LogP contribution < -0.4 is 0 Å². The summed E-state index contributed by atoms with van der Waals surface area (Å²) in [7, 11) is 5.90. The van der Waals surface area contributed by atoms with Crippen molar-refractivity contribution in [3.05, 3.63) is 59.9 Å². The third-order valence-electron chi connectivity index (χ3n) is 3.41. The van der Waals surface area contributed by atoms with Crippen molar-refractivity contribution in [2.75, 3.05) is 0 Å². The molecule has 2 radical (unpaired) electrons. The number of benzene rings is 2. The van der Waals surface area contributed by atoms with E-state index in [-0.39, 0.29) is 5.75 Å². The smallest absolute Gasteiger partial charge is 0.133 e. The van der Waals surface area contributed by atoms with Gasteiger partial charge in [0.25, 0.3) is 0 Å². The van der Waals surface area contributed by atoms with Crippen molar-refractivity contribution in [1.82, 2.24) is 9.55 Å². The number of aromatic nitrogens is 2. The number of fused-ring (bicyclic) bond motifs is 1. The van der Waals surface area contributed by atoms with Gasteiger partial charge in [0.15, 0.2) is 0 Å². The first-order valence-electron chi connectivity index (χ1n) is 6.63. The molecule has 0 aliphatic rings. The molecule has 0 amide bonds. The summed E-state index contributed by atoms with van der Waals surface area (Å²) in [5.41, 5.74) is 2.64. The van der Waals surface area contributed by atoms with Crippen LogP contribution in [-0.4, -0.2) is 28.8 Å². The Labute approximate surface area is 123 Å². The predicted molar refractivity (Wildman–Crippen MR) is 81.5 cm³/mol. The molecule has 3 rings (SSSR count). The number of aldehydes is 1. The van der Waals surface area contributed by atoms with Crippen LogP contribution in [0.3, 0.4) is 0 Å². The van der Waals surface area contributed by atoms with Crippen LogP contribution in [-0.2, 0) is 11.2 Å². The summed E-state index contributed by atoms with van der Waals surface area (Å²) in [6.07, 6.45) is 1.24. The van der Waals surface area contributed by atoms with Crippen molar-refractivity contribution >= 4 is 25.2 Å². The van der Waals surface area contributed by atoms with E-state index in [1.165, 1.54) is 0 Å². The Kier molecular flexibility index (Phi) is 3.48. The molecule has 0 fully saturated rings. The van der Waals surface area contributed by atoms with Gasteiger partial charge in [0.2, 0.25) is 0 Å². The van der Waals surface area contributed by atoms with E-state index in [1.807, 2.05) is 36.4 Å². The number of nitrogens with zero attached hydrogens (tertiary/aromatic N) is 2. The Morgan fingerprint density at radius 1 is 1.19 bits per heavy atom. The van der Waals surface area contributed by atoms with Gasteiger partial charge in [0.1, 0.15) is 25.7 Å². The number of para-hydroxylation sites is 2. The van der Waals surface area contributed by atoms with Crippen molar-refractivity contribution in [3.8, 4) is 5.75 Å². The van der Waals surface area contributed by atoms with Gasteiger partial charge < -0.3 is 14.5 Å². The van der Waals surface area contributed by atoms with Crippen LogP contribution >= 0.6 is 0 Å². The van der Waals surface area contributed by atoms with Gasteiger partial charge in [0, 0.05) is 12.4 Å². The summed E-state index contributed by atoms with van der Waals surface area (Å²) < 4.78 is 1.75. The molecule has 0 aliphatic carbocycles. The molecule has 0 saturated heterocycles. The van der Waals surface area contributed by atoms with Gasteiger partial charge >= 0.3 is 0 Å². The summed E-state index contributed by atoms with van der Waals surface area (Å²) in [6, 6.07) is 14.5. The molecule has 0 saturated carbocycles. The summed E-state index contributed by atoms with van der Waals surface area (Å²) in [5, 5.41) is 9.33. The fraction of sp³-hybridized carbons (Fsp3) is 0.125. The Balaban J connectivity index is 2.08. The van der Waals surface area contributed by atoms with Crippen LogP contribution in [0, 0.1) is 0 Å². The van der Waals surface area contributed by atoms with Crippen LogP contribution in [0.15, 0.2) is 48.5 Å². The Bertz CT molecular complexity index is 781. The molecule has 2 aromatic carbocycles. The molecule has 5 heteroatoms. The third-order valence-corrected chi connectivity index (χ3v) is 3.41. The minimum Gasteiger partial charge on any atom is -0.508 e. The first-order valence-corrected chi connectivity index (χ1v) is 6.63. The van der Waals surface area contributed by atoms with Gasteiger partial charge in [0.05, 0.1) is 11.0 Å². The fourth-order valence-corrected chi connectivity index (χ4v) is 2.41. The average Bonchev–Trinajstić information content (AvgIpc) is 2.86. The van der Waals surface area contributed by atoms with Crippen LogP contribution in [0.25, 0.3) is 11.0 Å². The van der Waals surface area contributed by atoms with Gasteiger partial charge in [-0.3, -0.25) is 0 Å². The lowest BCUT2D eigenvalue weighted by Gasteiger charge is -2.12. The van der Waals surface area contributed by atoms with Crippen molar-refractivity contribution in [3.63, 3.8) is 0 Å². The van der Waals surface area contributed by atoms with Gasteiger partial charge in [-0.2, -0.15) is 0 Å². The SMILES string of the molecule is [B]C(C=O)n1c(Cc2ccc(O)cc2)nc2ccccc21. The maximum absolute atomic E-state index is 11.1. The largest absolute Gasteiger partial charge is 0.508 e. The summed E-state index contributed by atoms with van der Waals surface area (Å²) in [4.78, 5) is 15.7. The number of rotatable bonds is 4. The summed E-state index contributed by atoms with van der Waals surface area (Å²) >= 11 is 0. The van der Waals surface area contributed by atoms with Gasteiger partial charge in [-0.25, -0.2) is 4.98 Å². The molecule has 0 bridgehead atoms.